The largest absolute Gasteiger partial charge is 0.493 e. The van der Waals surface area contributed by atoms with E-state index in [1.54, 1.807) is 24.5 Å². The SMILES string of the molecule is COc1ccccc1OCC(=O)N(Cc1cccs1)CC1CCCO1. The number of ether oxygens (including phenoxy) is 3. The number of hydrogen-bond donors (Lipinski definition) is 0. The number of para-hydroxylation sites is 2. The van der Waals surface area contributed by atoms with Gasteiger partial charge in [-0.25, -0.2) is 0 Å². The van der Waals surface area contributed by atoms with E-state index < -0.39 is 0 Å². The molecule has 1 fully saturated rings. The third-order valence-electron chi connectivity index (χ3n) is 4.15. The van der Waals surface area contributed by atoms with E-state index in [1.165, 1.54) is 0 Å². The predicted octanol–water partition coefficient (Wildman–Crippen LogP) is 3.34. The van der Waals surface area contributed by atoms with Gasteiger partial charge in [0.1, 0.15) is 0 Å². The average Bonchev–Trinajstić information content (AvgIpc) is 3.33. The lowest BCUT2D eigenvalue weighted by Crippen LogP contribution is -2.39. The first kappa shape index (κ1) is 17.8. The maximum Gasteiger partial charge on any atom is 0.260 e. The summed E-state index contributed by atoms with van der Waals surface area (Å²) in [7, 11) is 1.59. The molecule has 3 rings (SSSR count). The highest BCUT2D eigenvalue weighted by Gasteiger charge is 2.23. The molecule has 1 atom stereocenters. The van der Waals surface area contributed by atoms with E-state index in [4.69, 9.17) is 14.2 Å². The molecule has 1 aromatic carbocycles. The van der Waals surface area contributed by atoms with Crippen LogP contribution in [0.2, 0.25) is 0 Å². The van der Waals surface area contributed by atoms with Gasteiger partial charge in [0.25, 0.3) is 5.91 Å². The van der Waals surface area contributed by atoms with E-state index in [0.717, 1.165) is 24.3 Å². The van der Waals surface area contributed by atoms with Crippen molar-refractivity contribution >= 4 is 17.2 Å². The van der Waals surface area contributed by atoms with Gasteiger partial charge in [0.2, 0.25) is 0 Å². The van der Waals surface area contributed by atoms with E-state index in [-0.39, 0.29) is 18.6 Å². The summed E-state index contributed by atoms with van der Waals surface area (Å²) in [5, 5.41) is 2.02. The molecule has 1 aliphatic heterocycles. The zero-order valence-electron chi connectivity index (χ0n) is 14.3. The van der Waals surface area contributed by atoms with Gasteiger partial charge in [-0.05, 0) is 36.4 Å². The summed E-state index contributed by atoms with van der Waals surface area (Å²) in [6, 6.07) is 11.4. The lowest BCUT2D eigenvalue weighted by Gasteiger charge is -2.25. The first-order valence-electron chi connectivity index (χ1n) is 8.44. The number of thiophene rings is 1. The molecule has 1 saturated heterocycles. The molecule has 0 aliphatic carbocycles. The van der Waals surface area contributed by atoms with Gasteiger partial charge in [0.15, 0.2) is 18.1 Å². The van der Waals surface area contributed by atoms with E-state index >= 15 is 0 Å². The molecule has 0 N–H and O–H groups in total. The van der Waals surface area contributed by atoms with Gasteiger partial charge in [-0.1, -0.05) is 18.2 Å². The van der Waals surface area contributed by atoms with E-state index in [1.807, 2.05) is 40.6 Å². The number of rotatable bonds is 8. The molecule has 5 nitrogen and oxygen atoms in total. The second kappa shape index (κ2) is 8.87. The summed E-state index contributed by atoms with van der Waals surface area (Å²) in [5.41, 5.74) is 0. The quantitative estimate of drug-likeness (QED) is 0.723. The highest BCUT2D eigenvalue weighted by molar-refractivity contribution is 7.09. The second-order valence-electron chi connectivity index (χ2n) is 5.93. The Kier molecular flexibility index (Phi) is 6.30. The molecule has 0 bridgehead atoms. The normalized spacial score (nSPS) is 16.6. The highest BCUT2D eigenvalue weighted by Crippen LogP contribution is 2.26. The van der Waals surface area contributed by atoms with Crippen LogP contribution in [0.5, 0.6) is 11.5 Å². The fraction of sp³-hybridized carbons (Fsp3) is 0.421. The Bertz CT molecular complexity index is 668. The minimum atomic E-state index is -0.0465. The summed E-state index contributed by atoms with van der Waals surface area (Å²) in [5.74, 6) is 1.15. The van der Waals surface area contributed by atoms with Gasteiger partial charge >= 0.3 is 0 Å². The van der Waals surface area contributed by atoms with E-state index in [0.29, 0.717) is 24.6 Å². The minimum Gasteiger partial charge on any atom is -0.493 e. The number of benzene rings is 1. The first-order chi connectivity index (χ1) is 12.3. The van der Waals surface area contributed by atoms with Crippen LogP contribution in [-0.4, -0.2) is 43.8 Å². The molecule has 0 radical (unpaired) electrons. The van der Waals surface area contributed by atoms with Crippen LogP contribution in [0.3, 0.4) is 0 Å². The van der Waals surface area contributed by atoms with Crippen LogP contribution in [0.1, 0.15) is 17.7 Å². The lowest BCUT2D eigenvalue weighted by atomic mass is 10.2. The Morgan fingerprint density at radius 3 is 2.80 bits per heavy atom. The van der Waals surface area contributed by atoms with Crippen molar-refractivity contribution in [3.05, 3.63) is 46.7 Å². The zero-order chi connectivity index (χ0) is 17.5. The van der Waals surface area contributed by atoms with E-state index in [2.05, 4.69) is 0 Å². The number of nitrogens with zero attached hydrogens (tertiary/aromatic N) is 1. The number of carbonyl (C=O) groups is 1. The van der Waals surface area contributed by atoms with E-state index in [9.17, 15) is 4.79 Å². The van der Waals surface area contributed by atoms with Crippen molar-refractivity contribution in [1.29, 1.82) is 0 Å². The van der Waals surface area contributed by atoms with Gasteiger partial charge in [-0.15, -0.1) is 11.3 Å². The fourth-order valence-electron chi connectivity index (χ4n) is 2.85. The molecule has 1 amide bonds. The summed E-state index contributed by atoms with van der Waals surface area (Å²) >= 11 is 1.65. The molecule has 1 aromatic heterocycles. The summed E-state index contributed by atoms with van der Waals surface area (Å²) < 4.78 is 16.7. The van der Waals surface area contributed by atoms with Crippen molar-refractivity contribution in [3.63, 3.8) is 0 Å². The highest BCUT2D eigenvalue weighted by atomic mass is 32.1. The minimum absolute atomic E-state index is 0.0154. The van der Waals surface area contributed by atoms with Crippen molar-refractivity contribution < 1.29 is 19.0 Å². The number of carbonyl (C=O) groups excluding carboxylic acids is 1. The smallest absolute Gasteiger partial charge is 0.260 e. The standard InChI is InChI=1S/C19H23NO4S/c1-22-17-8-2-3-9-18(17)24-14-19(21)20(12-15-6-4-10-23-15)13-16-7-5-11-25-16/h2-3,5,7-9,11,15H,4,6,10,12-14H2,1H3. The zero-order valence-corrected chi connectivity index (χ0v) is 15.2. The van der Waals surface area contributed by atoms with Crippen LogP contribution in [0.4, 0.5) is 0 Å². The molecule has 25 heavy (non-hydrogen) atoms. The van der Waals surface area contributed by atoms with Gasteiger partial charge in [0.05, 0.1) is 19.8 Å². The molecule has 134 valence electrons. The molecule has 2 aromatic rings. The average molecular weight is 361 g/mol. The number of methoxy groups -OCH3 is 1. The van der Waals surface area contributed by atoms with Crippen molar-refractivity contribution in [1.82, 2.24) is 4.90 Å². The Morgan fingerprint density at radius 2 is 2.12 bits per heavy atom. The van der Waals surface area contributed by atoms with Crippen molar-refractivity contribution in [2.24, 2.45) is 0 Å². The number of amides is 1. The summed E-state index contributed by atoms with van der Waals surface area (Å²) in [6.07, 6.45) is 2.18. The molecular weight excluding hydrogens is 338 g/mol. The summed E-state index contributed by atoms with van der Waals surface area (Å²) in [6.45, 7) is 1.96. The van der Waals surface area contributed by atoms with Gasteiger partial charge in [-0.2, -0.15) is 0 Å². The lowest BCUT2D eigenvalue weighted by molar-refractivity contribution is -0.135. The molecule has 0 saturated carbocycles. The van der Waals surface area contributed by atoms with Crippen LogP contribution < -0.4 is 9.47 Å². The second-order valence-corrected chi connectivity index (χ2v) is 6.96. The molecule has 1 aliphatic rings. The van der Waals surface area contributed by atoms with Crippen LogP contribution in [-0.2, 0) is 16.1 Å². The van der Waals surface area contributed by atoms with Crippen molar-refractivity contribution in [2.75, 3.05) is 26.9 Å². The van der Waals surface area contributed by atoms with Gasteiger partial charge < -0.3 is 19.1 Å². The summed E-state index contributed by atoms with van der Waals surface area (Å²) in [4.78, 5) is 15.7. The molecule has 0 spiro atoms. The monoisotopic (exact) mass is 361 g/mol. The maximum atomic E-state index is 12.7. The maximum absolute atomic E-state index is 12.7. The molecular formula is C19H23NO4S. The Morgan fingerprint density at radius 1 is 1.28 bits per heavy atom. The molecule has 6 heteroatoms. The molecule has 1 unspecified atom stereocenters. The third kappa shape index (κ3) is 4.96. The molecule has 2 heterocycles. The first-order valence-corrected chi connectivity index (χ1v) is 9.32. The van der Waals surface area contributed by atoms with Gasteiger partial charge in [-0.3, -0.25) is 4.79 Å². The topological polar surface area (TPSA) is 48.0 Å². The number of hydrogen-bond acceptors (Lipinski definition) is 5. The van der Waals surface area contributed by atoms with Crippen LogP contribution in [0, 0.1) is 0 Å². The Labute approximate surface area is 152 Å². The van der Waals surface area contributed by atoms with Crippen molar-refractivity contribution in [3.8, 4) is 11.5 Å². The third-order valence-corrected chi connectivity index (χ3v) is 5.01. The Balaban J connectivity index is 1.63. The predicted molar refractivity (Wildman–Crippen MR) is 97.2 cm³/mol. The van der Waals surface area contributed by atoms with Crippen LogP contribution >= 0.6 is 11.3 Å². The Hall–Kier alpha value is -2.05. The van der Waals surface area contributed by atoms with Crippen LogP contribution in [0.15, 0.2) is 41.8 Å². The van der Waals surface area contributed by atoms with Crippen molar-refractivity contribution in [2.45, 2.75) is 25.5 Å². The fourth-order valence-corrected chi connectivity index (χ4v) is 3.57. The van der Waals surface area contributed by atoms with Gasteiger partial charge in [0, 0.05) is 18.0 Å². The van der Waals surface area contributed by atoms with Crippen LogP contribution in [0.25, 0.3) is 0 Å².